The van der Waals surface area contributed by atoms with Crippen molar-refractivity contribution >= 4 is 34.4 Å². The first-order chi connectivity index (χ1) is 14.3. The Hall–Kier alpha value is -2.09. The lowest BCUT2D eigenvalue weighted by Gasteiger charge is -2.31. The van der Waals surface area contributed by atoms with Gasteiger partial charge in [0, 0.05) is 16.7 Å². The maximum atomic E-state index is 13.1. The van der Waals surface area contributed by atoms with Crippen LogP contribution in [0.1, 0.15) is 38.3 Å². The normalized spacial score (nSPS) is 11.8. The van der Waals surface area contributed by atoms with E-state index in [9.17, 15) is 9.59 Å². The highest BCUT2D eigenvalue weighted by Crippen LogP contribution is 2.16. The second kappa shape index (κ2) is 11.9. The first-order valence-electron chi connectivity index (χ1n) is 10.3. The van der Waals surface area contributed by atoms with Gasteiger partial charge >= 0.3 is 0 Å². The van der Waals surface area contributed by atoms with Gasteiger partial charge in [0.1, 0.15) is 11.8 Å². The monoisotopic (exact) mass is 522 g/mol. The Morgan fingerprint density at radius 3 is 2.27 bits per heavy atom. The number of benzene rings is 2. The molecule has 0 saturated carbocycles. The van der Waals surface area contributed by atoms with E-state index in [4.69, 9.17) is 4.74 Å². The fourth-order valence-electron chi connectivity index (χ4n) is 2.99. The Balaban J connectivity index is 2.17. The predicted octanol–water partition coefficient (Wildman–Crippen LogP) is 4.56. The molecular weight excluding hydrogens is 491 g/mol. The van der Waals surface area contributed by atoms with Crippen LogP contribution in [0, 0.1) is 16.4 Å². The summed E-state index contributed by atoms with van der Waals surface area (Å²) in [5, 5.41) is 2.97. The van der Waals surface area contributed by atoms with E-state index in [1.807, 2.05) is 76.2 Å². The van der Waals surface area contributed by atoms with Gasteiger partial charge in [-0.05, 0) is 71.7 Å². The van der Waals surface area contributed by atoms with Crippen molar-refractivity contribution in [3.63, 3.8) is 0 Å². The van der Waals surface area contributed by atoms with Gasteiger partial charge in [-0.1, -0.05) is 50.6 Å². The third kappa shape index (κ3) is 7.63. The van der Waals surface area contributed by atoms with Gasteiger partial charge in [-0.3, -0.25) is 9.59 Å². The first-order valence-corrected chi connectivity index (χ1v) is 11.4. The Bertz CT molecular complexity index is 819. The third-order valence-electron chi connectivity index (χ3n) is 4.72. The number of ether oxygens (including phenoxy) is 1. The van der Waals surface area contributed by atoms with E-state index >= 15 is 0 Å². The van der Waals surface area contributed by atoms with Crippen LogP contribution in [0.15, 0.2) is 48.5 Å². The highest BCUT2D eigenvalue weighted by Gasteiger charge is 2.29. The van der Waals surface area contributed by atoms with Crippen molar-refractivity contribution in [2.45, 2.75) is 46.7 Å². The number of amides is 2. The minimum Gasteiger partial charge on any atom is -0.484 e. The van der Waals surface area contributed by atoms with Crippen molar-refractivity contribution in [3.8, 4) is 5.75 Å². The van der Waals surface area contributed by atoms with Crippen molar-refractivity contribution in [2.75, 3.05) is 13.2 Å². The van der Waals surface area contributed by atoms with Crippen molar-refractivity contribution in [1.82, 2.24) is 10.2 Å². The van der Waals surface area contributed by atoms with E-state index in [0.29, 0.717) is 31.2 Å². The molecule has 2 aromatic rings. The maximum Gasteiger partial charge on any atom is 0.261 e. The fraction of sp³-hybridized carbons (Fsp3) is 0.417. The van der Waals surface area contributed by atoms with Crippen molar-refractivity contribution in [3.05, 3.63) is 63.2 Å². The number of carbonyl (C=O) groups excluding carboxylic acids is 2. The van der Waals surface area contributed by atoms with Gasteiger partial charge in [0.05, 0.1) is 0 Å². The molecule has 0 bridgehead atoms. The number of nitrogens with zero attached hydrogens (tertiary/aromatic N) is 1. The van der Waals surface area contributed by atoms with Gasteiger partial charge in [0.25, 0.3) is 5.91 Å². The molecule has 2 rings (SSSR count). The number of aryl methyl sites for hydroxylation is 1. The molecule has 6 heteroatoms. The van der Waals surface area contributed by atoms with Crippen LogP contribution in [-0.2, 0) is 16.1 Å². The lowest BCUT2D eigenvalue weighted by atomic mass is 10.1. The Labute approximate surface area is 193 Å². The van der Waals surface area contributed by atoms with Gasteiger partial charge in [-0.25, -0.2) is 0 Å². The van der Waals surface area contributed by atoms with Crippen LogP contribution in [0.25, 0.3) is 0 Å². The summed E-state index contributed by atoms with van der Waals surface area (Å²) < 4.78 is 6.80. The highest BCUT2D eigenvalue weighted by atomic mass is 127. The minimum atomic E-state index is -0.544. The lowest BCUT2D eigenvalue weighted by Crippen LogP contribution is -2.50. The van der Waals surface area contributed by atoms with Crippen LogP contribution in [0.4, 0.5) is 0 Å². The highest BCUT2D eigenvalue weighted by molar-refractivity contribution is 14.1. The number of hydrogen-bond donors (Lipinski definition) is 1. The van der Waals surface area contributed by atoms with Gasteiger partial charge in [-0.15, -0.1) is 0 Å². The number of halogens is 1. The molecule has 0 fully saturated rings. The molecule has 0 saturated heterocycles. The molecule has 1 atom stereocenters. The Morgan fingerprint density at radius 1 is 1.07 bits per heavy atom. The molecule has 30 heavy (non-hydrogen) atoms. The largest absolute Gasteiger partial charge is 0.484 e. The fourth-order valence-corrected chi connectivity index (χ4v) is 3.35. The number of hydrogen-bond acceptors (Lipinski definition) is 3. The van der Waals surface area contributed by atoms with Gasteiger partial charge < -0.3 is 15.0 Å². The standard InChI is InChI=1S/C24H31IN2O3/c1-5-22(24(29)26-14-17(2)3)27(15-19-8-6-18(4)7-9-19)23(28)16-30-21-12-10-20(25)11-13-21/h6-13,17,22H,5,14-16H2,1-4H3,(H,26,29). The number of carbonyl (C=O) groups is 2. The molecule has 1 unspecified atom stereocenters. The van der Waals surface area contributed by atoms with Gasteiger partial charge in [-0.2, -0.15) is 0 Å². The summed E-state index contributed by atoms with van der Waals surface area (Å²) in [6, 6.07) is 15.0. The van der Waals surface area contributed by atoms with E-state index < -0.39 is 6.04 Å². The topological polar surface area (TPSA) is 58.6 Å². The zero-order valence-corrected chi connectivity index (χ0v) is 20.3. The second-order valence-corrected chi connectivity index (χ2v) is 9.06. The number of rotatable bonds is 10. The molecule has 0 aliphatic carbocycles. The van der Waals surface area contributed by atoms with Crippen LogP contribution in [0.5, 0.6) is 5.75 Å². The Morgan fingerprint density at radius 2 is 1.70 bits per heavy atom. The van der Waals surface area contributed by atoms with E-state index in [2.05, 4.69) is 27.9 Å². The molecule has 0 aliphatic rings. The van der Waals surface area contributed by atoms with E-state index in [0.717, 1.165) is 14.7 Å². The van der Waals surface area contributed by atoms with Crippen LogP contribution < -0.4 is 10.1 Å². The number of nitrogens with one attached hydrogen (secondary N) is 1. The zero-order chi connectivity index (χ0) is 22.1. The molecule has 0 heterocycles. The second-order valence-electron chi connectivity index (χ2n) is 7.81. The van der Waals surface area contributed by atoms with Crippen LogP contribution in [0.3, 0.4) is 0 Å². The van der Waals surface area contributed by atoms with E-state index in [-0.39, 0.29) is 18.4 Å². The van der Waals surface area contributed by atoms with Gasteiger partial charge in [0.2, 0.25) is 5.91 Å². The SMILES string of the molecule is CCC(C(=O)NCC(C)C)N(Cc1ccc(C)cc1)C(=O)COc1ccc(I)cc1. The summed E-state index contributed by atoms with van der Waals surface area (Å²) in [6.45, 7) is 8.88. The lowest BCUT2D eigenvalue weighted by molar-refractivity contribution is -0.143. The molecule has 1 N–H and O–H groups in total. The molecule has 0 aromatic heterocycles. The van der Waals surface area contributed by atoms with Crippen LogP contribution >= 0.6 is 22.6 Å². The summed E-state index contributed by atoms with van der Waals surface area (Å²) in [6.07, 6.45) is 0.533. The van der Waals surface area contributed by atoms with Crippen LogP contribution in [-0.4, -0.2) is 35.9 Å². The molecule has 162 valence electrons. The minimum absolute atomic E-state index is 0.111. The maximum absolute atomic E-state index is 13.1. The smallest absolute Gasteiger partial charge is 0.261 e. The average Bonchev–Trinajstić information content (AvgIpc) is 2.72. The molecule has 0 aliphatic heterocycles. The van der Waals surface area contributed by atoms with Crippen LogP contribution in [0.2, 0.25) is 0 Å². The molecular formula is C24H31IN2O3. The van der Waals surface area contributed by atoms with E-state index in [1.165, 1.54) is 0 Å². The van der Waals surface area contributed by atoms with Gasteiger partial charge in [0.15, 0.2) is 6.61 Å². The summed E-state index contributed by atoms with van der Waals surface area (Å²) >= 11 is 2.22. The predicted molar refractivity (Wildman–Crippen MR) is 128 cm³/mol. The third-order valence-corrected chi connectivity index (χ3v) is 5.44. The molecule has 0 spiro atoms. The average molecular weight is 522 g/mol. The van der Waals surface area contributed by atoms with Crippen molar-refractivity contribution in [1.29, 1.82) is 0 Å². The first kappa shape index (κ1) is 24.2. The zero-order valence-electron chi connectivity index (χ0n) is 18.2. The Kier molecular flexibility index (Phi) is 9.62. The quantitative estimate of drug-likeness (QED) is 0.466. The molecule has 2 amide bonds. The summed E-state index contributed by atoms with van der Waals surface area (Å²) in [7, 11) is 0. The molecule has 0 radical (unpaired) electrons. The molecule has 5 nitrogen and oxygen atoms in total. The summed E-state index contributed by atoms with van der Waals surface area (Å²) in [4.78, 5) is 27.6. The summed E-state index contributed by atoms with van der Waals surface area (Å²) in [5.74, 6) is 0.648. The molecule has 2 aromatic carbocycles. The van der Waals surface area contributed by atoms with E-state index in [1.54, 1.807) is 4.90 Å². The van der Waals surface area contributed by atoms with Crippen molar-refractivity contribution in [2.24, 2.45) is 5.92 Å². The van der Waals surface area contributed by atoms with Crippen molar-refractivity contribution < 1.29 is 14.3 Å². The summed E-state index contributed by atoms with van der Waals surface area (Å²) in [5.41, 5.74) is 2.14.